The summed E-state index contributed by atoms with van der Waals surface area (Å²) in [6, 6.07) is 27.3. The summed E-state index contributed by atoms with van der Waals surface area (Å²) in [6.07, 6.45) is 3.09. The van der Waals surface area contributed by atoms with Crippen LogP contribution in [-0.4, -0.2) is 41.6 Å². The van der Waals surface area contributed by atoms with Crippen LogP contribution in [0.15, 0.2) is 84.9 Å². The van der Waals surface area contributed by atoms with Gasteiger partial charge in [-0.2, -0.15) is 11.8 Å². The van der Waals surface area contributed by atoms with Gasteiger partial charge in [-0.3, -0.25) is 4.79 Å². The average Bonchev–Trinajstić information content (AvgIpc) is 2.93. The standard InChI is InChI=1S/C32H33NO4S.Li/c1-22-8-3-5-12-26(22)29-20-23(14-15-28(29)31(34)33-30(32(35)36)17-19-38-2)21-37-18-16-25-11-7-10-24-9-4-6-13-27(24)25;/h3-15,20,30H,16-19,21H2,1-2H3,(H,33,34)(H,35,36);/q;+1. The molecule has 4 aromatic carbocycles. The fourth-order valence-electron chi connectivity index (χ4n) is 4.59. The van der Waals surface area contributed by atoms with Crippen LogP contribution in [0.4, 0.5) is 0 Å². The molecule has 4 aromatic rings. The Morgan fingerprint density at radius 2 is 1.69 bits per heavy atom. The Balaban J connectivity index is 0.00000420. The van der Waals surface area contributed by atoms with Gasteiger partial charge in [-0.15, -0.1) is 0 Å². The third-order valence-electron chi connectivity index (χ3n) is 6.64. The molecule has 2 N–H and O–H groups in total. The van der Waals surface area contributed by atoms with Crippen molar-refractivity contribution in [1.29, 1.82) is 0 Å². The zero-order chi connectivity index (χ0) is 26.9. The summed E-state index contributed by atoms with van der Waals surface area (Å²) >= 11 is 1.55. The van der Waals surface area contributed by atoms with Gasteiger partial charge in [0.2, 0.25) is 0 Å². The van der Waals surface area contributed by atoms with Crippen molar-refractivity contribution >= 4 is 34.4 Å². The molecular weight excluding hydrogens is 501 g/mol. The van der Waals surface area contributed by atoms with Gasteiger partial charge in [0.25, 0.3) is 5.91 Å². The minimum Gasteiger partial charge on any atom is -0.480 e. The van der Waals surface area contributed by atoms with E-state index in [9.17, 15) is 14.7 Å². The number of thioether (sulfide) groups is 1. The fraction of sp³-hybridized carbons (Fsp3) is 0.250. The first-order valence-electron chi connectivity index (χ1n) is 12.7. The Hall–Kier alpha value is -3.01. The van der Waals surface area contributed by atoms with Crippen LogP contribution in [0.5, 0.6) is 0 Å². The molecule has 39 heavy (non-hydrogen) atoms. The van der Waals surface area contributed by atoms with E-state index in [0.717, 1.165) is 28.7 Å². The number of carbonyl (C=O) groups excluding carboxylic acids is 1. The van der Waals surface area contributed by atoms with Gasteiger partial charge in [0.05, 0.1) is 13.2 Å². The minimum atomic E-state index is -1.03. The van der Waals surface area contributed by atoms with Crippen molar-refractivity contribution in [2.45, 2.75) is 32.4 Å². The topological polar surface area (TPSA) is 75.6 Å². The van der Waals surface area contributed by atoms with E-state index >= 15 is 0 Å². The van der Waals surface area contributed by atoms with E-state index in [0.29, 0.717) is 31.0 Å². The normalized spacial score (nSPS) is 11.5. The number of carboxylic acids is 1. The Kier molecular flexibility index (Phi) is 11.7. The van der Waals surface area contributed by atoms with Crippen molar-refractivity contribution in [3.8, 4) is 11.1 Å². The maximum absolute atomic E-state index is 13.3. The Bertz CT molecular complexity index is 1420. The molecule has 0 bridgehead atoms. The smallest absolute Gasteiger partial charge is 0.480 e. The monoisotopic (exact) mass is 534 g/mol. The van der Waals surface area contributed by atoms with E-state index in [-0.39, 0.29) is 24.8 Å². The van der Waals surface area contributed by atoms with Gasteiger partial charge >= 0.3 is 24.8 Å². The van der Waals surface area contributed by atoms with Crippen molar-refractivity contribution in [2.24, 2.45) is 0 Å². The molecule has 0 saturated carbocycles. The molecule has 0 aromatic heterocycles. The molecule has 0 spiro atoms. The average molecular weight is 535 g/mol. The summed E-state index contributed by atoms with van der Waals surface area (Å²) in [4.78, 5) is 25.0. The molecule has 0 saturated heterocycles. The molecule has 0 aliphatic rings. The van der Waals surface area contributed by atoms with E-state index in [4.69, 9.17) is 4.74 Å². The SMILES string of the molecule is CSCCC(NC(=O)c1ccc(COCCc2cccc3ccccc23)cc1-c1ccccc1C)C(=O)O.[Li+]. The number of aliphatic carboxylic acids is 1. The molecule has 0 aliphatic carbocycles. The second-order valence-electron chi connectivity index (χ2n) is 9.28. The van der Waals surface area contributed by atoms with Crippen LogP contribution in [0.2, 0.25) is 0 Å². The first kappa shape index (κ1) is 30.5. The molecule has 1 unspecified atom stereocenters. The fourth-order valence-corrected chi connectivity index (χ4v) is 5.06. The van der Waals surface area contributed by atoms with E-state index in [2.05, 4.69) is 41.7 Å². The molecule has 0 fully saturated rings. The van der Waals surface area contributed by atoms with E-state index in [1.165, 1.54) is 16.3 Å². The van der Waals surface area contributed by atoms with Crippen LogP contribution < -0.4 is 24.2 Å². The maximum atomic E-state index is 13.3. The summed E-state index contributed by atoms with van der Waals surface area (Å²) in [7, 11) is 0. The number of ether oxygens (including phenoxy) is 1. The Morgan fingerprint density at radius 3 is 2.46 bits per heavy atom. The number of carbonyl (C=O) groups is 2. The van der Waals surface area contributed by atoms with Crippen LogP contribution >= 0.6 is 11.8 Å². The number of benzene rings is 4. The Labute approximate surface area is 246 Å². The van der Waals surface area contributed by atoms with Gasteiger partial charge in [-0.05, 0) is 82.5 Å². The Morgan fingerprint density at radius 1 is 0.949 bits per heavy atom. The number of fused-ring (bicyclic) bond motifs is 1. The van der Waals surface area contributed by atoms with Gasteiger partial charge in [0.15, 0.2) is 0 Å². The first-order chi connectivity index (χ1) is 18.5. The summed E-state index contributed by atoms with van der Waals surface area (Å²) < 4.78 is 6.05. The summed E-state index contributed by atoms with van der Waals surface area (Å²) in [5.41, 5.74) is 5.40. The van der Waals surface area contributed by atoms with E-state index < -0.39 is 12.0 Å². The quantitative estimate of drug-likeness (QED) is 0.215. The van der Waals surface area contributed by atoms with E-state index in [1.807, 2.05) is 55.6 Å². The largest absolute Gasteiger partial charge is 1.00 e. The number of hydrogen-bond donors (Lipinski definition) is 2. The molecule has 0 aliphatic heterocycles. The molecule has 5 nitrogen and oxygen atoms in total. The molecule has 1 amide bonds. The number of carboxylic acid groups (broad SMARTS) is 1. The number of nitrogens with one attached hydrogen (secondary N) is 1. The number of rotatable bonds is 12. The van der Waals surface area contributed by atoms with Gasteiger partial charge in [-0.25, -0.2) is 4.79 Å². The summed E-state index contributed by atoms with van der Waals surface area (Å²) in [5.74, 6) is -0.766. The van der Waals surface area contributed by atoms with Crippen molar-refractivity contribution in [3.63, 3.8) is 0 Å². The predicted molar refractivity (Wildman–Crippen MR) is 156 cm³/mol. The van der Waals surface area contributed by atoms with Gasteiger partial charge < -0.3 is 15.2 Å². The molecule has 1 atom stereocenters. The van der Waals surface area contributed by atoms with Crippen LogP contribution in [0.3, 0.4) is 0 Å². The predicted octanol–water partition coefficient (Wildman–Crippen LogP) is 3.51. The van der Waals surface area contributed by atoms with Crippen molar-refractivity contribution in [2.75, 3.05) is 18.6 Å². The summed E-state index contributed by atoms with van der Waals surface area (Å²) in [5, 5.41) is 14.8. The van der Waals surface area contributed by atoms with Crippen molar-refractivity contribution < 1.29 is 38.3 Å². The van der Waals surface area contributed by atoms with E-state index in [1.54, 1.807) is 17.8 Å². The zero-order valence-corrected chi connectivity index (χ0v) is 23.6. The molecule has 0 heterocycles. The van der Waals surface area contributed by atoms with Crippen molar-refractivity contribution in [1.82, 2.24) is 5.32 Å². The zero-order valence-electron chi connectivity index (χ0n) is 22.8. The molecule has 4 rings (SSSR count). The minimum absolute atomic E-state index is 0. The molecule has 0 radical (unpaired) electrons. The second kappa shape index (κ2) is 15.0. The third-order valence-corrected chi connectivity index (χ3v) is 7.29. The maximum Gasteiger partial charge on any atom is 1.00 e. The first-order valence-corrected chi connectivity index (χ1v) is 14.1. The second-order valence-corrected chi connectivity index (χ2v) is 10.3. The summed E-state index contributed by atoms with van der Waals surface area (Å²) in [6.45, 7) is 2.99. The van der Waals surface area contributed by atoms with Crippen LogP contribution in [0.1, 0.15) is 33.5 Å². The van der Waals surface area contributed by atoms with Gasteiger partial charge in [-0.1, -0.05) is 72.8 Å². The van der Waals surface area contributed by atoms with Crippen molar-refractivity contribution in [3.05, 3.63) is 107 Å². The van der Waals surface area contributed by atoms with Crippen LogP contribution in [0, 0.1) is 6.92 Å². The number of amides is 1. The number of hydrogen-bond acceptors (Lipinski definition) is 4. The molecule has 196 valence electrons. The molecule has 7 heteroatoms. The molecular formula is C32H33LiNO4S+. The van der Waals surface area contributed by atoms with Crippen LogP contribution in [-0.2, 0) is 22.6 Å². The number of aryl methyl sites for hydroxylation is 1. The van der Waals surface area contributed by atoms with Gasteiger partial charge in [0, 0.05) is 5.56 Å². The van der Waals surface area contributed by atoms with Gasteiger partial charge in [0.1, 0.15) is 6.04 Å². The third kappa shape index (κ3) is 8.00. The van der Waals surface area contributed by atoms with Crippen LogP contribution in [0.25, 0.3) is 21.9 Å².